The summed E-state index contributed by atoms with van der Waals surface area (Å²) in [4.78, 5) is 0. The van der Waals surface area contributed by atoms with Crippen molar-refractivity contribution in [2.45, 2.75) is 39.3 Å². The van der Waals surface area contributed by atoms with Crippen LogP contribution in [-0.2, 0) is 6.54 Å². The van der Waals surface area contributed by atoms with Gasteiger partial charge in [-0.3, -0.25) is 0 Å². The van der Waals surface area contributed by atoms with Crippen molar-refractivity contribution in [2.24, 2.45) is 0 Å². The molecule has 1 aliphatic rings. The average Bonchev–Trinajstić information content (AvgIpc) is 2.27. The molecule has 0 atom stereocenters. The fraction of sp³-hybridized carbons (Fsp3) is 0.467. The molecule has 0 spiro atoms. The SMILES string of the molecule is C=C1CCOc2cc(CNC(C)(C)C)c(Cl)cc21. The summed E-state index contributed by atoms with van der Waals surface area (Å²) in [7, 11) is 0. The minimum absolute atomic E-state index is 0.0731. The molecule has 1 N–H and O–H groups in total. The molecule has 0 unspecified atom stereocenters. The van der Waals surface area contributed by atoms with Crippen LogP contribution in [0.3, 0.4) is 0 Å². The molecular formula is C15H20ClNO. The Labute approximate surface area is 114 Å². The lowest BCUT2D eigenvalue weighted by molar-refractivity contribution is 0.316. The number of hydrogen-bond donors (Lipinski definition) is 1. The lowest BCUT2D eigenvalue weighted by Crippen LogP contribution is -2.35. The Bertz CT molecular complexity index is 474. The van der Waals surface area contributed by atoms with Gasteiger partial charge in [0.25, 0.3) is 0 Å². The highest BCUT2D eigenvalue weighted by molar-refractivity contribution is 6.31. The van der Waals surface area contributed by atoms with Gasteiger partial charge in [-0.2, -0.15) is 0 Å². The highest BCUT2D eigenvalue weighted by atomic mass is 35.5. The first-order valence-corrected chi connectivity index (χ1v) is 6.63. The monoisotopic (exact) mass is 265 g/mol. The maximum atomic E-state index is 6.32. The van der Waals surface area contributed by atoms with Crippen molar-refractivity contribution < 1.29 is 4.74 Å². The van der Waals surface area contributed by atoms with Gasteiger partial charge in [-0.25, -0.2) is 0 Å². The molecular weight excluding hydrogens is 246 g/mol. The van der Waals surface area contributed by atoms with E-state index < -0.39 is 0 Å². The molecule has 1 heterocycles. The maximum Gasteiger partial charge on any atom is 0.127 e. The minimum Gasteiger partial charge on any atom is -0.493 e. The van der Waals surface area contributed by atoms with E-state index in [1.54, 1.807) is 0 Å². The second-order valence-corrected chi connectivity index (χ2v) is 6.15. The zero-order valence-corrected chi connectivity index (χ0v) is 12.0. The van der Waals surface area contributed by atoms with Crippen molar-refractivity contribution in [1.82, 2.24) is 5.32 Å². The first-order chi connectivity index (χ1) is 8.37. The molecule has 1 aliphatic heterocycles. The van der Waals surface area contributed by atoms with Crippen LogP contribution >= 0.6 is 11.6 Å². The smallest absolute Gasteiger partial charge is 0.127 e. The second kappa shape index (κ2) is 4.94. The van der Waals surface area contributed by atoms with Gasteiger partial charge in [0.15, 0.2) is 0 Å². The highest BCUT2D eigenvalue weighted by Crippen LogP contribution is 2.36. The lowest BCUT2D eigenvalue weighted by atomic mass is 9.99. The van der Waals surface area contributed by atoms with Crippen LogP contribution in [0.2, 0.25) is 5.02 Å². The van der Waals surface area contributed by atoms with E-state index in [-0.39, 0.29) is 5.54 Å². The van der Waals surface area contributed by atoms with Gasteiger partial charge in [0.1, 0.15) is 5.75 Å². The van der Waals surface area contributed by atoms with Crippen molar-refractivity contribution in [3.8, 4) is 5.75 Å². The van der Waals surface area contributed by atoms with E-state index in [1.807, 2.05) is 12.1 Å². The maximum absolute atomic E-state index is 6.32. The van der Waals surface area contributed by atoms with Crippen LogP contribution in [0.15, 0.2) is 18.7 Å². The Morgan fingerprint density at radius 2 is 2.11 bits per heavy atom. The number of halogens is 1. The third-order valence-corrected chi connectivity index (χ3v) is 3.35. The van der Waals surface area contributed by atoms with Crippen LogP contribution in [0, 0.1) is 0 Å². The number of ether oxygens (including phenoxy) is 1. The summed E-state index contributed by atoms with van der Waals surface area (Å²) in [5.74, 6) is 0.904. The molecule has 0 bridgehead atoms. The van der Waals surface area contributed by atoms with E-state index in [2.05, 4.69) is 32.7 Å². The van der Waals surface area contributed by atoms with Gasteiger partial charge in [-0.05, 0) is 44.0 Å². The molecule has 1 aromatic rings. The summed E-state index contributed by atoms with van der Waals surface area (Å²) in [6.07, 6.45) is 0.878. The molecule has 0 saturated heterocycles. The highest BCUT2D eigenvalue weighted by Gasteiger charge is 2.17. The molecule has 0 amide bonds. The number of benzene rings is 1. The molecule has 2 nitrogen and oxygen atoms in total. The number of nitrogens with one attached hydrogen (secondary N) is 1. The second-order valence-electron chi connectivity index (χ2n) is 5.75. The van der Waals surface area contributed by atoms with Gasteiger partial charge in [-0.1, -0.05) is 18.2 Å². The summed E-state index contributed by atoms with van der Waals surface area (Å²) in [6, 6.07) is 4.00. The van der Waals surface area contributed by atoms with Gasteiger partial charge < -0.3 is 10.1 Å². The van der Waals surface area contributed by atoms with Crippen molar-refractivity contribution in [3.63, 3.8) is 0 Å². The fourth-order valence-electron chi connectivity index (χ4n) is 1.91. The zero-order chi connectivity index (χ0) is 13.3. The Kier molecular flexibility index (Phi) is 3.69. The molecule has 18 heavy (non-hydrogen) atoms. The number of hydrogen-bond acceptors (Lipinski definition) is 2. The van der Waals surface area contributed by atoms with Crippen molar-refractivity contribution in [1.29, 1.82) is 0 Å². The van der Waals surface area contributed by atoms with E-state index in [0.29, 0.717) is 6.61 Å². The van der Waals surface area contributed by atoms with E-state index in [1.165, 1.54) is 0 Å². The first-order valence-electron chi connectivity index (χ1n) is 6.25. The third-order valence-electron chi connectivity index (χ3n) is 3.00. The average molecular weight is 266 g/mol. The topological polar surface area (TPSA) is 21.3 Å². The van der Waals surface area contributed by atoms with E-state index in [0.717, 1.165) is 40.4 Å². The van der Waals surface area contributed by atoms with Crippen molar-refractivity contribution in [2.75, 3.05) is 6.61 Å². The van der Waals surface area contributed by atoms with Gasteiger partial charge in [0.05, 0.1) is 6.61 Å². The molecule has 1 aromatic carbocycles. The van der Waals surface area contributed by atoms with Crippen LogP contribution in [-0.4, -0.2) is 12.1 Å². The van der Waals surface area contributed by atoms with Crippen LogP contribution in [0.5, 0.6) is 5.75 Å². The van der Waals surface area contributed by atoms with Gasteiger partial charge >= 0.3 is 0 Å². The Balaban J connectivity index is 2.25. The Hall–Kier alpha value is -0.990. The third kappa shape index (κ3) is 3.06. The molecule has 0 saturated carbocycles. The standard InChI is InChI=1S/C15H20ClNO/c1-10-5-6-18-14-7-11(9-17-15(2,3)4)13(16)8-12(10)14/h7-8,17H,1,5-6,9H2,2-4H3. The van der Waals surface area contributed by atoms with Crippen molar-refractivity contribution >= 4 is 17.2 Å². The predicted octanol–water partition coefficient (Wildman–Crippen LogP) is 4.02. The first kappa shape index (κ1) is 13.4. The predicted molar refractivity (Wildman–Crippen MR) is 77.2 cm³/mol. The summed E-state index contributed by atoms with van der Waals surface area (Å²) in [6.45, 7) is 11.9. The van der Waals surface area contributed by atoms with E-state index >= 15 is 0 Å². The Morgan fingerprint density at radius 3 is 2.78 bits per heavy atom. The molecule has 2 rings (SSSR count). The van der Waals surface area contributed by atoms with E-state index in [4.69, 9.17) is 16.3 Å². The van der Waals surface area contributed by atoms with Crippen LogP contribution in [0.1, 0.15) is 38.3 Å². The van der Waals surface area contributed by atoms with E-state index in [9.17, 15) is 0 Å². The summed E-state index contributed by atoms with van der Waals surface area (Å²) in [5, 5.41) is 4.21. The van der Waals surface area contributed by atoms with Gasteiger partial charge in [0.2, 0.25) is 0 Å². The van der Waals surface area contributed by atoms with Crippen LogP contribution in [0.4, 0.5) is 0 Å². The lowest BCUT2D eigenvalue weighted by Gasteiger charge is -2.24. The molecule has 0 aliphatic carbocycles. The van der Waals surface area contributed by atoms with Crippen LogP contribution < -0.4 is 10.1 Å². The molecule has 3 heteroatoms. The molecule has 0 aromatic heterocycles. The van der Waals surface area contributed by atoms with Crippen molar-refractivity contribution in [3.05, 3.63) is 34.9 Å². The van der Waals surface area contributed by atoms with Crippen LogP contribution in [0.25, 0.3) is 5.57 Å². The minimum atomic E-state index is 0.0731. The molecule has 0 fully saturated rings. The van der Waals surface area contributed by atoms with Gasteiger partial charge in [0, 0.05) is 29.1 Å². The summed E-state index contributed by atoms with van der Waals surface area (Å²) < 4.78 is 5.67. The summed E-state index contributed by atoms with van der Waals surface area (Å²) in [5.41, 5.74) is 3.29. The molecule has 98 valence electrons. The summed E-state index contributed by atoms with van der Waals surface area (Å²) >= 11 is 6.32. The normalized spacial score (nSPS) is 15.2. The fourth-order valence-corrected chi connectivity index (χ4v) is 2.14. The largest absolute Gasteiger partial charge is 0.493 e. The zero-order valence-electron chi connectivity index (χ0n) is 11.3. The number of fused-ring (bicyclic) bond motifs is 1. The quantitative estimate of drug-likeness (QED) is 0.872. The van der Waals surface area contributed by atoms with Gasteiger partial charge in [-0.15, -0.1) is 0 Å². The number of rotatable bonds is 2. The Morgan fingerprint density at radius 1 is 1.39 bits per heavy atom. The molecule has 0 radical (unpaired) electrons.